The van der Waals surface area contributed by atoms with Crippen molar-refractivity contribution in [2.45, 2.75) is 32.9 Å². The number of likely N-dealkylation sites (tertiary alicyclic amines) is 1. The number of aliphatic imine (C=N–C) groups is 1. The number of guanidine groups is 1. The number of carbonyl (C=O) groups excluding carboxylic acids is 1. The third kappa shape index (κ3) is 6.38. The Bertz CT molecular complexity index is 893. The summed E-state index contributed by atoms with van der Waals surface area (Å²) in [4.78, 5) is 21.1. The molecule has 2 aromatic rings. The van der Waals surface area contributed by atoms with Gasteiger partial charge in [-0.1, -0.05) is 30.3 Å². The Morgan fingerprint density at radius 3 is 2.68 bits per heavy atom. The molecule has 7 heteroatoms. The van der Waals surface area contributed by atoms with Gasteiger partial charge in [0, 0.05) is 44.5 Å². The molecule has 0 spiro atoms. The van der Waals surface area contributed by atoms with E-state index in [1.807, 2.05) is 54.4 Å². The van der Waals surface area contributed by atoms with Gasteiger partial charge in [0.05, 0.1) is 13.7 Å². The zero-order valence-electron chi connectivity index (χ0n) is 18.7. The lowest BCUT2D eigenvalue weighted by atomic mass is 10.2. The average molecular weight is 424 g/mol. The highest BCUT2D eigenvalue weighted by molar-refractivity contribution is 5.89. The van der Waals surface area contributed by atoms with Crippen LogP contribution >= 0.6 is 0 Å². The molecule has 0 radical (unpaired) electrons. The minimum atomic E-state index is -0.0250. The molecule has 1 aliphatic rings. The smallest absolute Gasteiger partial charge is 0.321 e. The van der Waals surface area contributed by atoms with Gasteiger partial charge >= 0.3 is 6.03 Å². The van der Waals surface area contributed by atoms with Crippen molar-refractivity contribution in [3.05, 3.63) is 59.7 Å². The van der Waals surface area contributed by atoms with Crippen molar-refractivity contribution in [1.29, 1.82) is 0 Å². The Morgan fingerprint density at radius 2 is 1.94 bits per heavy atom. The fourth-order valence-corrected chi connectivity index (χ4v) is 3.67. The first kappa shape index (κ1) is 22.5. The molecule has 166 valence electrons. The second-order valence-corrected chi connectivity index (χ2v) is 7.66. The summed E-state index contributed by atoms with van der Waals surface area (Å²) in [7, 11) is 3.70. The molecular formula is C24H33N5O2. The molecule has 0 saturated carbocycles. The minimum absolute atomic E-state index is 0.0250. The van der Waals surface area contributed by atoms with Crippen molar-refractivity contribution in [1.82, 2.24) is 15.1 Å². The number of hydrogen-bond donors (Lipinski definition) is 2. The van der Waals surface area contributed by atoms with Crippen molar-refractivity contribution in [3.63, 3.8) is 0 Å². The van der Waals surface area contributed by atoms with E-state index < -0.39 is 0 Å². The summed E-state index contributed by atoms with van der Waals surface area (Å²) in [5.41, 5.74) is 2.95. The molecule has 2 N–H and O–H groups in total. The topological polar surface area (TPSA) is 69.2 Å². The number of carbonyl (C=O) groups is 1. The third-order valence-electron chi connectivity index (χ3n) is 5.28. The predicted octanol–water partition coefficient (Wildman–Crippen LogP) is 3.92. The average Bonchev–Trinajstić information content (AvgIpc) is 3.32. The predicted molar refractivity (Wildman–Crippen MR) is 126 cm³/mol. The number of hydrogen-bond acceptors (Lipinski definition) is 3. The normalized spacial score (nSPS) is 13.8. The maximum atomic E-state index is 12.4. The van der Waals surface area contributed by atoms with Crippen molar-refractivity contribution >= 4 is 17.7 Å². The van der Waals surface area contributed by atoms with Crippen molar-refractivity contribution in [2.75, 3.05) is 39.1 Å². The summed E-state index contributed by atoms with van der Waals surface area (Å²) in [5, 5.41) is 6.36. The third-order valence-corrected chi connectivity index (χ3v) is 5.28. The van der Waals surface area contributed by atoms with Gasteiger partial charge in [0.2, 0.25) is 0 Å². The number of rotatable bonds is 7. The van der Waals surface area contributed by atoms with Crippen LogP contribution in [0.1, 0.15) is 30.9 Å². The highest BCUT2D eigenvalue weighted by Crippen LogP contribution is 2.19. The lowest BCUT2D eigenvalue weighted by Gasteiger charge is -2.23. The molecule has 7 nitrogen and oxygen atoms in total. The summed E-state index contributed by atoms with van der Waals surface area (Å²) in [6.07, 6.45) is 2.16. The number of urea groups is 1. The fraction of sp³-hybridized carbons (Fsp3) is 0.417. The molecule has 3 rings (SSSR count). The van der Waals surface area contributed by atoms with Gasteiger partial charge in [-0.05, 0) is 43.5 Å². The summed E-state index contributed by atoms with van der Waals surface area (Å²) in [6, 6.07) is 15.9. The Kier molecular flexibility index (Phi) is 8.15. The molecule has 0 bridgehead atoms. The SMILES string of the molecule is CCNC(=NCc1cccc(NC(=O)N2CCCC2)c1)N(C)Cc1ccccc1OC. The van der Waals surface area contributed by atoms with Crippen LogP contribution in [-0.2, 0) is 13.1 Å². The summed E-state index contributed by atoms with van der Waals surface area (Å²) >= 11 is 0. The van der Waals surface area contributed by atoms with Crippen molar-refractivity contribution in [2.24, 2.45) is 4.99 Å². The largest absolute Gasteiger partial charge is 0.496 e. The van der Waals surface area contributed by atoms with Crippen LogP contribution in [0.2, 0.25) is 0 Å². The molecule has 1 saturated heterocycles. The van der Waals surface area contributed by atoms with Crippen LogP contribution in [0.5, 0.6) is 5.75 Å². The zero-order valence-corrected chi connectivity index (χ0v) is 18.7. The quantitative estimate of drug-likeness (QED) is 0.523. The van der Waals surface area contributed by atoms with Crippen molar-refractivity contribution < 1.29 is 9.53 Å². The second-order valence-electron chi connectivity index (χ2n) is 7.66. The summed E-state index contributed by atoms with van der Waals surface area (Å²) in [5.74, 6) is 1.69. The molecule has 2 amide bonds. The Balaban J connectivity index is 1.66. The molecule has 1 aliphatic heterocycles. The van der Waals surface area contributed by atoms with E-state index in [4.69, 9.17) is 9.73 Å². The van der Waals surface area contributed by atoms with Crippen LogP contribution in [0.3, 0.4) is 0 Å². The number of benzene rings is 2. The van der Waals surface area contributed by atoms with Crippen LogP contribution in [-0.4, -0.2) is 55.6 Å². The molecule has 31 heavy (non-hydrogen) atoms. The first-order valence-corrected chi connectivity index (χ1v) is 10.9. The van der Waals surface area contributed by atoms with Crippen LogP contribution < -0.4 is 15.4 Å². The Labute approximate surface area is 185 Å². The van der Waals surface area contributed by atoms with Gasteiger partial charge in [0.15, 0.2) is 5.96 Å². The number of anilines is 1. The number of para-hydroxylation sites is 1. The number of nitrogens with zero attached hydrogens (tertiary/aromatic N) is 3. The summed E-state index contributed by atoms with van der Waals surface area (Å²) in [6.45, 7) is 5.70. The van der Waals surface area contributed by atoms with Crippen molar-refractivity contribution in [3.8, 4) is 5.75 Å². The van der Waals surface area contributed by atoms with Gasteiger partial charge in [-0.3, -0.25) is 0 Å². The molecule has 2 aromatic carbocycles. The van der Waals surface area contributed by atoms with Crippen LogP contribution in [0.4, 0.5) is 10.5 Å². The monoisotopic (exact) mass is 423 g/mol. The van der Waals surface area contributed by atoms with E-state index in [1.165, 1.54) is 0 Å². The van der Waals surface area contributed by atoms with Gasteiger partial charge in [-0.15, -0.1) is 0 Å². The lowest BCUT2D eigenvalue weighted by Crippen LogP contribution is -2.38. The van der Waals surface area contributed by atoms with Crippen LogP contribution in [0.15, 0.2) is 53.5 Å². The van der Waals surface area contributed by atoms with E-state index in [-0.39, 0.29) is 6.03 Å². The van der Waals surface area contributed by atoms with Gasteiger partial charge < -0.3 is 25.2 Å². The van der Waals surface area contributed by atoms with E-state index >= 15 is 0 Å². The minimum Gasteiger partial charge on any atom is -0.496 e. The maximum absolute atomic E-state index is 12.4. The highest BCUT2D eigenvalue weighted by Gasteiger charge is 2.17. The lowest BCUT2D eigenvalue weighted by molar-refractivity contribution is 0.222. The van der Waals surface area contributed by atoms with Gasteiger partial charge in [-0.25, -0.2) is 9.79 Å². The fourth-order valence-electron chi connectivity index (χ4n) is 3.67. The zero-order chi connectivity index (χ0) is 22.1. The van der Waals surface area contributed by atoms with Gasteiger partial charge in [-0.2, -0.15) is 0 Å². The standard InChI is InChI=1S/C24H33N5O2/c1-4-25-23(28(2)18-20-11-5-6-13-22(20)31-3)26-17-19-10-9-12-21(16-19)27-24(30)29-14-7-8-15-29/h5-6,9-13,16H,4,7-8,14-15,17-18H2,1-3H3,(H,25,26)(H,27,30). The molecular weight excluding hydrogens is 390 g/mol. The van der Waals surface area contributed by atoms with Gasteiger partial charge in [0.25, 0.3) is 0 Å². The second kappa shape index (κ2) is 11.2. The first-order valence-electron chi connectivity index (χ1n) is 10.9. The number of ether oxygens (including phenoxy) is 1. The Morgan fingerprint density at radius 1 is 1.16 bits per heavy atom. The van der Waals surface area contributed by atoms with E-state index in [9.17, 15) is 4.79 Å². The number of methoxy groups -OCH3 is 1. The molecule has 0 aliphatic carbocycles. The molecule has 1 fully saturated rings. The van der Waals surface area contributed by atoms with E-state index in [0.717, 1.165) is 61.0 Å². The maximum Gasteiger partial charge on any atom is 0.321 e. The Hall–Kier alpha value is -3.22. The van der Waals surface area contributed by atoms with Crippen LogP contribution in [0, 0.1) is 0 Å². The number of nitrogens with one attached hydrogen (secondary N) is 2. The van der Waals surface area contributed by atoms with E-state index in [1.54, 1.807) is 7.11 Å². The van der Waals surface area contributed by atoms with E-state index in [0.29, 0.717) is 13.1 Å². The molecule has 1 heterocycles. The van der Waals surface area contributed by atoms with E-state index in [2.05, 4.69) is 28.5 Å². The highest BCUT2D eigenvalue weighted by atomic mass is 16.5. The first-order chi connectivity index (χ1) is 15.1. The number of amides is 2. The van der Waals surface area contributed by atoms with Gasteiger partial charge in [0.1, 0.15) is 5.75 Å². The van der Waals surface area contributed by atoms with Crippen LogP contribution in [0.25, 0.3) is 0 Å². The summed E-state index contributed by atoms with van der Waals surface area (Å²) < 4.78 is 5.47. The molecule has 0 aromatic heterocycles. The molecule has 0 unspecified atom stereocenters. The molecule has 0 atom stereocenters.